The third-order valence-electron chi connectivity index (χ3n) is 5.13. The zero-order valence-corrected chi connectivity index (χ0v) is 17.6. The number of benzene rings is 1. The zero-order chi connectivity index (χ0) is 21.2. The smallest absolute Gasteiger partial charge is 0.243 e. The molecule has 1 aliphatic rings. The van der Waals surface area contributed by atoms with Crippen LogP contribution in [0.1, 0.15) is 39.2 Å². The molecule has 0 saturated carbocycles. The Labute approximate surface area is 174 Å². The molecule has 2 atom stereocenters. The van der Waals surface area contributed by atoms with Gasteiger partial charge in [0, 0.05) is 18.1 Å². The fourth-order valence-electron chi connectivity index (χ4n) is 3.34. The third-order valence-corrected chi connectivity index (χ3v) is 5.36. The van der Waals surface area contributed by atoms with Gasteiger partial charge in [0.1, 0.15) is 12.4 Å². The topological polar surface area (TPSA) is 119 Å². The lowest BCUT2D eigenvalue weighted by Crippen LogP contribution is -2.54. The van der Waals surface area contributed by atoms with Crippen LogP contribution in [0.3, 0.4) is 0 Å². The number of carbonyl (C=O) groups excluding carboxylic acids is 2. The van der Waals surface area contributed by atoms with Crippen LogP contribution in [0.4, 0.5) is 0 Å². The number of carbonyl (C=O) groups is 2. The number of halogens is 1. The Bertz CT molecular complexity index is 879. The molecule has 0 spiro atoms. The van der Waals surface area contributed by atoms with E-state index in [1.54, 1.807) is 23.1 Å². The summed E-state index contributed by atoms with van der Waals surface area (Å²) in [6.07, 6.45) is 2.86. The summed E-state index contributed by atoms with van der Waals surface area (Å²) in [6, 6.07) is 4.09. The van der Waals surface area contributed by atoms with E-state index in [9.17, 15) is 9.59 Å². The van der Waals surface area contributed by atoms with E-state index in [0.717, 1.165) is 12.0 Å². The highest BCUT2D eigenvalue weighted by molar-refractivity contribution is 6.30. The minimum Gasteiger partial charge on any atom is -0.350 e. The molecule has 2 unspecified atom stereocenters. The Kier molecular flexibility index (Phi) is 6.18. The van der Waals surface area contributed by atoms with E-state index in [-0.39, 0.29) is 23.8 Å². The molecular formula is C19H26ClN7O2. The minimum atomic E-state index is -0.657. The Morgan fingerprint density at radius 1 is 1.38 bits per heavy atom. The van der Waals surface area contributed by atoms with Gasteiger partial charge in [-0.05, 0) is 52.4 Å². The van der Waals surface area contributed by atoms with Crippen molar-refractivity contribution in [3.05, 3.63) is 35.1 Å². The monoisotopic (exact) mass is 419 g/mol. The highest BCUT2D eigenvalue weighted by atomic mass is 35.5. The van der Waals surface area contributed by atoms with Gasteiger partial charge in [0.15, 0.2) is 0 Å². The summed E-state index contributed by atoms with van der Waals surface area (Å²) >= 11 is 6.12. The van der Waals surface area contributed by atoms with Gasteiger partial charge in [-0.1, -0.05) is 32.4 Å². The summed E-state index contributed by atoms with van der Waals surface area (Å²) in [7, 11) is 0. The van der Waals surface area contributed by atoms with Gasteiger partial charge >= 0.3 is 0 Å². The lowest BCUT2D eigenvalue weighted by molar-refractivity contribution is -0.141. The fourth-order valence-corrected chi connectivity index (χ4v) is 3.54. The van der Waals surface area contributed by atoms with E-state index < -0.39 is 12.1 Å². The number of hydrogen-bond donors (Lipinski definition) is 2. The molecule has 1 fully saturated rings. The summed E-state index contributed by atoms with van der Waals surface area (Å²) in [5.41, 5.74) is 7.24. The number of nitrogens with two attached hydrogens (primary N) is 1. The molecular weight excluding hydrogens is 394 g/mol. The third kappa shape index (κ3) is 4.73. The number of rotatable bonds is 5. The van der Waals surface area contributed by atoms with Crippen molar-refractivity contribution in [1.29, 1.82) is 0 Å². The highest BCUT2D eigenvalue weighted by Crippen LogP contribution is 2.25. The first-order chi connectivity index (χ1) is 13.7. The van der Waals surface area contributed by atoms with Gasteiger partial charge in [-0.15, -0.1) is 5.10 Å². The van der Waals surface area contributed by atoms with Crippen LogP contribution in [0, 0.1) is 5.41 Å². The molecule has 0 radical (unpaired) electrons. The molecule has 1 aromatic heterocycles. The van der Waals surface area contributed by atoms with Gasteiger partial charge in [0.05, 0.1) is 11.7 Å². The predicted octanol–water partition coefficient (Wildman–Crippen LogP) is 1.30. The van der Waals surface area contributed by atoms with E-state index >= 15 is 0 Å². The molecule has 0 bridgehead atoms. The van der Waals surface area contributed by atoms with Crippen molar-refractivity contribution in [1.82, 2.24) is 30.4 Å². The molecule has 1 saturated heterocycles. The second-order valence-electron chi connectivity index (χ2n) is 8.28. The molecule has 3 N–H and O–H groups in total. The van der Waals surface area contributed by atoms with Crippen molar-refractivity contribution < 1.29 is 9.59 Å². The zero-order valence-electron chi connectivity index (χ0n) is 16.8. The van der Waals surface area contributed by atoms with Gasteiger partial charge in [0.2, 0.25) is 11.8 Å². The van der Waals surface area contributed by atoms with Crippen LogP contribution < -0.4 is 11.1 Å². The number of aromatic nitrogens is 4. The number of nitrogens with zero attached hydrogens (tertiary/aromatic N) is 5. The van der Waals surface area contributed by atoms with Crippen molar-refractivity contribution in [2.75, 3.05) is 6.54 Å². The lowest BCUT2D eigenvalue weighted by Gasteiger charge is -2.32. The molecule has 29 heavy (non-hydrogen) atoms. The highest BCUT2D eigenvalue weighted by Gasteiger charge is 2.39. The maximum absolute atomic E-state index is 12.9. The second-order valence-corrected chi connectivity index (χ2v) is 8.72. The van der Waals surface area contributed by atoms with Crippen molar-refractivity contribution in [3.63, 3.8) is 0 Å². The Morgan fingerprint density at radius 2 is 2.14 bits per heavy atom. The molecule has 156 valence electrons. The largest absolute Gasteiger partial charge is 0.350 e. The second kappa shape index (κ2) is 8.46. The molecule has 1 aromatic carbocycles. The van der Waals surface area contributed by atoms with Gasteiger partial charge in [-0.25, -0.2) is 4.68 Å². The first kappa shape index (κ1) is 21.2. The van der Waals surface area contributed by atoms with Crippen LogP contribution >= 0.6 is 11.6 Å². The van der Waals surface area contributed by atoms with Crippen molar-refractivity contribution in [3.8, 4) is 5.69 Å². The van der Waals surface area contributed by atoms with Crippen LogP contribution in [0.25, 0.3) is 5.69 Å². The number of likely N-dealkylation sites (tertiary alicyclic amines) is 1. The Balaban J connectivity index is 1.71. The van der Waals surface area contributed by atoms with E-state index in [0.29, 0.717) is 23.7 Å². The predicted molar refractivity (Wildman–Crippen MR) is 108 cm³/mol. The van der Waals surface area contributed by atoms with Crippen LogP contribution in [0.2, 0.25) is 5.02 Å². The number of hydrogen-bond acceptors (Lipinski definition) is 6. The van der Waals surface area contributed by atoms with Crippen LogP contribution in [-0.4, -0.2) is 55.5 Å². The molecule has 3 rings (SSSR count). The molecule has 2 heterocycles. The average molecular weight is 420 g/mol. The summed E-state index contributed by atoms with van der Waals surface area (Å²) in [4.78, 5) is 27.3. The molecule has 2 aromatic rings. The average Bonchev–Trinajstić information content (AvgIpc) is 3.36. The quantitative estimate of drug-likeness (QED) is 0.753. The first-order valence-corrected chi connectivity index (χ1v) is 9.92. The normalized spacial score (nSPS) is 18.0. The molecule has 10 heteroatoms. The number of tetrazole rings is 1. The van der Waals surface area contributed by atoms with Gasteiger partial charge in [0.25, 0.3) is 0 Å². The first-order valence-electron chi connectivity index (χ1n) is 9.54. The molecule has 0 aliphatic carbocycles. The van der Waals surface area contributed by atoms with Crippen LogP contribution in [0.5, 0.6) is 0 Å². The SMILES string of the molecule is CC(C)(C)C(N)C(=O)N1CCCC1C(=O)NCc1cc(Cl)ccc1-n1cnnn1. The van der Waals surface area contributed by atoms with Gasteiger partial charge in [-0.3, -0.25) is 9.59 Å². The van der Waals surface area contributed by atoms with Gasteiger partial charge in [-0.2, -0.15) is 0 Å². The van der Waals surface area contributed by atoms with Crippen LogP contribution in [0.15, 0.2) is 24.5 Å². The molecule has 2 amide bonds. The van der Waals surface area contributed by atoms with Gasteiger partial charge < -0.3 is 16.0 Å². The van der Waals surface area contributed by atoms with Crippen LogP contribution in [-0.2, 0) is 16.1 Å². The fraction of sp³-hybridized carbons (Fsp3) is 0.526. The van der Waals surface area contributed by atoms with E-state index in [4.69, 9.17) is 17.3 Å². The Morgan fingerprint density at radius 3 is 2.79 bits per heavy atom. The number of nitrogens with one attached hydrogen (secondary N) is 1. The maximum Gasteiger partial charge on any atom is 0.243 e. The minimum absolute atomic E-state index is 0.188. The Hall–Kier alpha value is -2.52. The summed E-state index contributed by atoms with van der Waals surface area (Å²) < 4.78 is 1.51. The summed E-state index contributed by atoms with van der Waals surface area (Å²) in [5, 5.41) is 14.6. The van der Waals surface area contributed by atoms with E-state index in [2.05, 4.69) is 20.8 Å². The molecule has 9 nitrogen and oxygen atoms in total. The lowest BCUT2D eigenvalue weighted by atomic mass is 9.86. The molecule has 1 aliphatic heterocycles. The summed E-state index contributed by atoms with van der Waals surface area (Å²) in [6.45, 7) is 6.52. The van der Waals surface area contributed by atoms with E-state index in [1.807, 2.05) is 20.8 Å². The maximum atomic E-state index is 12.9. The van der Waals surface area contributed by atoms with Crippen molar-refractivity contribution in [2.45, 2.75) is 52.2 Å². The summed E-state index contributed by atoms with van der Waals surface area (Å²) in [5.74, 6) is -0.396. The standard InChI is InChI=1S/C19H26ClN7O2/c1-19(2,3)16(21)18(29)26-8-4-5-15(26)17(28)22-10-12-9-13(20)6-7-14(12)27-11-23-24-25-27/h6-7,9,11,15-16H,4-5,8,10,21H2,1-3H3,(H,22,28). The van der Waals surface area contributed by atoms with Crippen molar-refractivity contribution in [2.24, 2.45) is 11.1 Å². The van der Waals surface area contributed by atoms with Crippen molar-refractivity contribution >= 4 is 23.4 Å². The number of amides is 2. The van der Waals surface area contributed by atoms with E-state index in [1.165, 1.54) is 11.0 Å².